The third-order valence-electron chi connectivity index (χ3n) is 2.60. The van der Waals surface area contributed by atoms with Crippen LogP contribution in [0.15, 0.2) is 48.5 Å². The molecule has 16 heavy (non-hydrogen) atoms. The highest BCUT2D eigenvalue weighted by molar-refractivity contribution is 6.31. The van der Waals surface area contributed by atoms with E-state index in [-0.39, 0.29) is 6.04 Å². The highest BCUT2D eigenvalue weighted by Crippen LogP contribution is 2.27. The molecular weight excluding hydrogens is 218 g/mol. The molecule has 0 aromatic heterocycles. The molecule has 0 bridgehead atoms. The largest absolute Gasteiger partial charge is 0.324 e. The predicted octanol–water partition coefficient (Wildman–Crippen LogP) is 4.03. The lowest BCUT2D eigenvalue weighted by atomic mass is 10.0. The molecule has 0 fully saturated rings. The molecule has 0 heterocycles. The zero-order chi connectivity index (χ0) is 11.5. The molecule has 0 saturated carbocycles. The summed E-state index contributed by atoms with van der Waals surface area (Å²) in [5.41, 5.74) is 9.09. The Balaban J connectivity index is 2.43. The van der Waals surface area contributed by atoms with E-state index in [4.69, 9.17) is 17.3 Å². The van der Waals surface area contributed by atoms with Crippen molar-refractivity contribution in [3.63, 3.8) is 0 Å². The lowest BCUT2D eigenvalue weighted by molar-refractivity contribution is 0.819. The van der Waals surface area contributed by atoms with Crippen LogP contribution in [0.1, 0.15) is 18.5 Å². The van der Waals surface area contributed by atoms with Crippen LogP contribution in [0.4, 0.5) is 0 Å². The number of nitrogens with two attached hydrogens (primary N) is 1. The molecule has 2 rings (SSSR count). The molecule has 2 heteroatoms. The second-order valence-electron chi connectivity index (χ2n) is 3.89. The van der Waals surface area contributed by atoms with Gasteiger partial charge >= 0.3 is 0 Å². The Morgan fingerprint density at radius 3 is 2.25 bits per heavy atom. The molecule has 1 atom stereocenters. The molecule has 2 aromatic rings. The first kappa shape index (κ1) is 11.2. The van der Waals surface area contributed by atoms with Crippen LogP contribution in [0, 0.1) is 0 Å². The van der Waals surface area contributed by atoms with E-state index in [0.29, 0.717) is 0 Å². The van der Waals surface area contributed by atoms with Gasteiger partial charge in [0.2, 0.25) is 0 Å². The molecule has 0 aliphatic carbocycles. The number of halogens is 1. The van der Waals surface area contributed by atoms with Gasteiger partial charge < -0.3 is 5.73 Å². The highest BCUT2D eigenvalue weighted by Gasteiger charge is 2.06. The Kier molecular flexibility index (Phi) is 3.28. The summed E-state index contributed by atoms with van der Waals surface area (Å²) in [6.07, 6.45) is 0. The van der Waals surface area contributed by atoms with E-state index in [9.17, 15) is 0 Å². The fraction of sp³-hybridized carbons (Fsp3) is 0.143. The van der Waals surface area contributed by atoms with Crippen LogP contribution in [-0.2, 0) is 0 Å². The molecule has 0 radical (unpaired) electrons. The van der Waals surface area contributed by atoms with Gasteiger partial charge in [0.05, 0.1) is 0 Å². The summed E-state index contributed by atoms with van der Waals surface area (Å²) in [5, 5.41) is 0.733. The summed E-state index contributed by atoms with van der Waals surface area (Å²) in [4.78, 5) is 0. The minimum absolute atomic E-state index is 0.0303. The third-order valence-corrected chi connectivity index (χ3v) is 2.93. The average molecular weight is 232 g/mol. The summed E-state index contributed by atoms with van der Waals surface area (Å²) >= 11 is 6.19. The van der Waals surface area contributed by atoms with Gasteiger partial charge in [-0.15, -0.1) is 0 Å². The van der Waals surface area contributed by atoms with Crippen LogP contribution >= 0.6 is 11.6 Å². The maximum Gasteiger partial charge on any atom is 0.0459 e. The van der Waals surface area contributed by atoms with E-state index >= 15 is 0 Å². The summed E-state index contributed by atoms with van der Waals surface area (Å²) in [6.45, 7) is 1.93. The quantitative estimate of drug-likeness (QED) is 0.830. The van der Waals surface area contributed by atoms with E-state index in [0.717, 1.165) is 16.1 Å². The van der Waals surface area contributed by atoms with Crippen molar-refractivity contribution in [1.82, 2.24) is 0 Å². The van der Waals surface area contributed by atoms with Gasteiger partial charge in [0.1, 0.15) is 0 Å². The van der Waals surface area contributed by atoms with Crippen LogP contribution in [0.2, 0.25) is 5.02 Å². The molecule has 0 amide bonds. The maximum absolute atomic E-state index is 6.19. The van der Waals surface area contributed by atoms with Gasteiger partial charge in [-0.1, -0.05) is 54.1 Å². The molecular formula is C14H14ClN. The lowest BCUT2D eigenvalue weighted by Crippen LogP contribution is -2.05. The van der Waals surface area contributed by atoms with E-state index < -0.39 is 0 Å². The van der Waals surface area contributed by atoms with Gasteiger partial charge in [-0.2, -0.15) is 0 Å². The zero-order valence-electron chi connectivity index (χ0n) is 9.15. The number of rotatable bonds is 2. The molecule has 1 nitrogen and oxygen atoms in total. The Bertz CT molecular complexity index is 477. The number of hydrogen-bond acceptors (Lipinski definition) is 1. The van der Waals surface area contributed by atoms with E-state index in [2.05, 4.69) is 18.2 Å². The second kappa shape index (κ2) is 4.69. The summed E-state index contributed by atoms with van der Waals surface area (Å²) < 4.78 is 0. The minimum Gasteiger partial charge on any atom is -0.324 e. The van der Waals surface area contributed by atoms with Gasteiger partial charge in [0.25, 0.3) is 0 Å². The molecule has 0 saturated heterocycles. The van der Waals surface area contributed by atoms with Crippen molar-refractivity contribution in [2.45, 2.75) is 13.0 Å². The van der Waals surface area contributed by atoms with Gasteiger partial charge in [0, 0.05) is 11.1 Å². The fourth-order valence-corrected chi connectivity index (χ4v) is 2.06. The normalized spacial score (nSPS) is 12.4. The van der Waals surface area contributed by atoms with E-state index in [1.165, 1.54) is 5.56 Å². The maximum atomic E-state index is 6.19. The number of hydrogen-bond donors (Lipinski definition) is 1. The van der Waals surface area contributed by atoms with Crippen LogP contribution in [0.3, 0.4) is 0 Å². The Hall–Kier alpha value is -1.31. The van der Waals surface area contributed by atoms with Crippen molar-refractivity contribution in [3.8, 4) is 11.1 Å². The van der Waals surface area contributed by atoms with Crippen molar-refractivity contribution in [1.29, 1.82) is 0 Å². The topological polar surface area (TPSA) is 26.0 Å². The van der Waals surface area contributed by atoms with Crippen LogP contribution in [0.5, 0.6) is 0 Å². The summed E-state index contributed by atoms with van der Waals surface area (Å²) in [5.74, 6) is 0. The molecule has 2 aromatic carbocycles. The Morgan fingerprint density at radius 2 is 1.69 bits per heavy atom. The van der Waals surface area contributed by atoms with Crippen molar-refractivity contribution in [2.75, 3.05) is 0 Å². The van der Waals surface area contributed by atoms with Crippen LogP contribution in [0.25, 0.3) is 11.1 Å². The first-order chi connectivity index (χ1) is 7.68. The molecule has 0 aliphatic heterocycles. The van der Waals surface area contributed by atoms with Gasteiger partial charge in [-0.25, -0.2) is 0 Å². The fourth-order valence-electron chi connectivity index (χ4n) is 1.71. The summed E-state index contributed by atoms with van der Waals surface area (Å²) in [7, 11) is 0. The van der Waals surface area contributed by atoms with Gasteiger partial charge in [0.15, 0.2) is 0 Å². The number of benzene rings is 2. The van der Waals surface area contributed by atoms with E-state index in [1.807, 2.05) is 37.3 Å². The van der Waals surface area contributed by atoms with Crippen molar-refractivity contribution in [2.24, 2.45) is 5.73 Å². The van der Waals surface area contributed by atoms with Crippen molar-refractivity contribution in [3.05, 3.63) is 59.1 Å². The van der Waals surface area contributed by atoms with E-state index in [1.54, 1.807) is 0 Å². The Labute approximate surface area is 101 Å². The molecule has 1 unspecified atom stereocenters. The molecule has 82 valence electrons. The minimum atomic E-state index is -0.0303. The van der Waals surface area contributed by atoms with Gasteiger partial charge in [-0.3, -0.25) is 0 Å². The smallest absolute Gasteiger partial charge is 0.0459 e. The predicted molar refractivity (Wildman–Crippen MR) is 69.5 cm³/mol. The van der Waals surface area contributed by atoms with Crippen LogP contribution < -0.4 is 5.73 Å². The zero-order valence-corrected chi connectivity index (χ0v) is 9.91. The molecule has 0 spiro atoms. The average Bonchev–Trinajstić information content (AvgIpc) is 2.29. The Morgan fingerprint density at radius 1 is 1.00 bits per heavy atom. The monoisotopic (exact) mass is 231 g/mol. The highest BCUT2D eigenvalue weighted by atomic mass is 35.5. The molecule has 0 aliphatic rings. The molecule has 2 N–H and O–H groups in total. The first-order valence-corrected chi connectivity index (χ1v) is 5.67. The van der Waals surface area contributed by atoms with Crippen LogP contribution in [-0.4, -0.2) is 0 Å². The second-order valence-corrected chi connectivity index (χ2v) is 4.30. The van der Waals surface area contributed by atoms with Crippen molar-refractivity contribution < 1.29 is 0 Å². The van der Waals surface area contributed by atoms with Gasteiger partial charge in [-0.05, 0) is 29.7 Å². The van der Waals surface area contributed by atoms with Crippen molar-refractivity contribution >= 4 is 11.6 Å². The summed E-state index contributed by atoms with van der Waals surface area (Å²) in [6, 6.07) is 16.2. The lowest BCUT2D eigenvalue weighted by Gasteiger charge is -2.10. The standard InChI is InChI=1S/C14H14ClN/c1-10(16)13-8-7-12(9-14(13)15)11-5-3-2-4-6-11/h2-10H,16H2,1H3. The third kappa shape index (κ3) is 2.26. The first-order valence-electron chi connectivity index (χ1n) is 5.29. The SMILES string of the molecule is CC(N)c1ccc(-c2ccccc2)cc1Cl.